The van der Waals surface area contributed by atoms with E-state index in [1.807, 2.05) is 0 Å². The number of hydrogen-bond donors (Lipinski definition) is 2. The number of carbonyl (C=O) groups excluding carboxylic acids is 1. The maximum atomic E-state index is 13.8. The van der Waals surface area contributed by atoms with Gasteiger partial charge in [-0.25, -0.2) is 17.6 Å². The molecular weight excluding hydrogens is 395 g/mol. The lowest BCUT2D eigenvalue weighted by Crippen LogP contribution is -2.49. The highest BCUT2D eigenvalue weighted by Gasteiger charge is 2.71. The van der Waals surface area contributed by atoms with Crippen LogP contribution in [0, 0.1) is 5.82 Å². The molecule has 8 heteroatoms. The number of rotatable bonds is 5. The quantitative estimate of drug-likeness (QED) is 0.775. The maximum absolute atomic E-state index is 13.8. The average molecular weight is 421 g/mol. The maximum Gasteiger partial charge on any atom is 0.408 e. The van der Waals surface area contributed by atoms with Crippen molar-refractivity contribution < 1.29 is 22.3 Å². The molecule has 0 aromatic heterocycles. The molecule has 3 atom stereocenters. The first kappa shape index (κ1) is 21.3. The van der Waals surface area contributed by atoms with Gasteiger partial charge in [-0.15, -0.1) is 0 Å². The number of benzene rings is 2. The van der Waals surface area contributed by atoms with Gasteiger partial charge in [0.05, 0.1) is 10.4 Å². The zero-order chi connectivity index (χ0) is 21.4. The SMILES string of the molecule is CC(C)(C)OC(=O)N[C@]1(CN)[C@H](c2cccc(F)c2)[C@H]1S(=O)(=O)c1ccccc1. The van der Waals surface area contributed by atoms with Crippen molar-refractivity contribution in [2.24, 2.45) is 5.73 Å². The van der Waals surface area contributed by atoms with Crippen LogP contribution >= 0.6 is 0 Å². The van der Waals surface area contributed by atoms with Crippen molar-refractivity contribution in [1.82, 2.24) is 5.32 Å². The van der Waals surface area contributed by atoms with E-state index < -0.39 is 44.1 Å². The molecule has 1 fully saturated rings. The first-order chi connectivity index (χ1) is 13.5. The molecule has 156 valence electrons. The lowest BCUT2D eigenvalue weighted by molar-refractivity contribution is 0.0497. The minimum atomic E-state index is -3.86. The van der Waals surface area contributed by atoms with Crippen LogP contribution in [-0.2, 0) is 14.6 Å². The summed E-state index contributed by atoms with van der Waals surface area (Å²) in [6.07, 6.45) is -0.768. The van der Waals surface area contributed by atoms with Crippen molar-refractivity contribution in [1.29, 1.82) is 0 Å². The van der Waals surface area contributed by atoms with Crippen molar-refractivity contribution in [2.45, 2.75) is 48.0 Å². The molecule has 0 bridgehead atoms. The highest BCUT2D eigenvalue weighted by Crippen LogP contribution is 2.57. The predicted molar refractivity (Wildman–Crippen MR) is 108 cm³/mol. The van der Waals surface area contributed by atoms with Crippen molar-refractivity contribution in [2.75, 3.05) is 6.54 Å². The van der Waals surface area contributed by atoms with E-state index in [1.165, 1.54) is 30.3 Å². The summed E-state index contributed by atoms with van der Waals surface area (Å²) < 4.78 is 45.9. The largest absolute Gasteiger partial charge is 0.444 e. The number of alkyl carbamates (subject to hydrolysis) is 1. The molecule has 0 saturated heterocycles. The third kappa shape index (κ3) is 4.13. The van der Waals surface area contributed by atoms with Gasteiger partial charge < -0.3 is 15.8 Å². The first-order valence-electron chi connectivity index (χ1n) is 9.27. The standard InChI is InChI=1S/C21H25FN2O4S/c1-20(2,3)28-19(25)24-21(13-23)17(14-8-7-9-15(22)12-14)18(21)29(26,27)16-10-5-4-6-11-16/h4-12,17-18H,13,23H2,1-3H3,(H,24,25)/t17-,18-,21-/m1/s1. The summed E-state index contributed by atoms with van der Waals surface area (Å²) in [4.78, 5) is 12.6. The molecule has 0 heterocycles. The highest BCUT2D eigenvalue weighted by molar-refractivity contribution is 7.92. The molecular formula is C21H25FN2O4S. The molecule has 1 saturated carbocycles. The Hall–Kier alpha value is -2.45. The van der Waals surface area contributed by atoms with Gasteiger partial charge in [0.15, 0.2) is 9.84 Å². The van der Waals surface area contributed by atoms with E-state index in [2.05, 4.69) is 5.32 Å². The summed E-state index contributed by atoms with van der Waals surface area (Å²) >= 11 is 0. The van der Waals surface area contributed by atoms with Crippen LogP contribution in [0.15, 0.2) is 59.5 Å². The second kappa shape index (κ2) is 7.42. The van der Waals surface area contributed by atoms with E-state index in [4.69, 9.17) is 10.5 Å². The average Bonchev–Trinajstić information content (AvgIpc) is 3.30. The van der Waals surface area contributed by atoms with Crippen molar-refractivity contribution in [3.63, 3.8) is 0 Å². The zero-order valence-corrected chi connectivity index (χ0v) is 17.4. The second-order valence-electron chi connectivity index (χ2n) is 8.18. The molecule has 2 aromatic rings. The van der Waals surface area contributed by atoms with Gasteiger partial charge in [0, 0.05) is 12.5 Å². The Labute approximate surface area is 170 Å². The van der Waals surface area contributed by atoms with Crippen LogP contribution in [-0.4, -0.2) is 37.4 Å². The van der Waals surface area contributed by atoms with Crippen LogP contribution in [0.4, 0.5) is 9.18 Å². The molecule has 1 amide bonds. The fraction of sp³-hybridized carbons (Fsp3) is 0.381. The van der Waals surface area contributed by atoms with Gasteiger partial charge in [-0.05, 0) is 50.6 Å². The van der Waals surface area contributed by atoms with E-state index in [9.17, 15) is 17.6 Å². The predicted octanol–water partition coefficient (Wildman–Crippen LogP) is 2.99. The monoisotopic (exact) mass is 420 g/mol. The van der Waals surface area contributed by atoms with E-state index >= 15 is 0 Å². The Bertz CT molecular complexity index is 1000. The van der Waals surface area contributed by atoms with E-state index in [0.29, 0.717) is 5.56 Å². The number of halogens is 1. The molecule has 2 aromatic carbocycles. The number of amides is 1. The van der Waals surface area contributed by atoms with Gasteiger partial charge in [-0.3, -0.25) is 0 Å². The number of ether oxygens (including phenoxy) is 1. The number of hydrogen-bond acceptors (Lipinski definition) is 5. The lowest BCUT2D eigenvalue weighted by Gasteiger charge is -2.24. The summed E-state index contributed by atoms with van der Waals surface area (Å²) in [6.45, 7) is 4.97. The minimum absolute atomic E-state index is 0.118. The Kier molecular flexibility index (Phi) is 5.44. The number of carbonyl (C=O) groups is 1. The van der Waals surface area contributed by atoms with E-state index in [1.54, 1.807) is 45.0 Å². The van der Waals surface area contributed by atoms with Crippen LogP contribution in [0.1, 0.15) is 32.3 Å². The molecule has 0 radical (unpaired) electrons. The van der Waals surface area contributed by atoms with Crippen LogP contribution in [0.25, 0.3) is 0 Å². The zero-order valence-electron chi connectivity index (χ0n) is 16.6. The molecule has 1 aliphatic carbocycles. The van der Waals surface area contributed by atoms with Gasteiger partial charge >= 0.3 is 6.09 Å². The second-order valence-corrected chi connectivity index (χ2v) is 10.3. The molecule has 3 N–H and O–H groups in total. The molecule has 0 aliphatic heterocycles. The van der Waals surface area contributed by atoms with Gasteiger partial charge in [-0.2, -0.15) is 0 Å². The van der Waals surface area contributed by atoms with Crippen molar-refractivity contribution >= 4 is 15.9 Å². The van der Waals surface area contributed by atoms with Gasteiger partial charge in [0.2, 0.25) is 0 Å². The van der Waals surface area contributed by atoms with E-state index in [-0.39, 0.29) is 11.4 Å². The Balaban J connectivity index is 2.04. The third-order valence-electron chi connectivity index (χ3n) is 4.94. The summed E-state index contributed by atoms with van der Waals surface area (Å²) in [5.41, 5.74) is 4.37. The van der Waals surface area contributed by atoms with Gasteiger partial charge in [-0.1, -0.05) is 30.3 Å². The van der Waals surface area contributed by atoms with Gasteiger partial charge in [0.25, 0.3) is 0 Å². The van der Waals surface area contributed by atoms with Crippen LogP contribution in [0.2, 0.25) is 0 Å². The first-order valence-corrected chi connectivity index (χ1v) is 10.8. The molecule has 0 spiro atoms. The summed E-state index contributed by atoms with van der Waals surface area (Å²) in [7, 11) is -3.86. The molecule has 6 nitrogen and oxygen atoms in total. The lowest BCUT2D eigenvalue weighted by atomic mass is 10.1. The Morgan fingerprint density at radius 2 is 1.83 bits per heavy atom. The fourth-order valence-corrected chi connectivity index (χ4v) is 6.09. The molecule has 3 rings (SSSR count). The normalized spacial score (nSPS) is 24.0. The number of sulfone groups is 1. The summed E-state index contributed by atoms with van der Waals surface area (Å²) in [5.74, 6) is -1.20. The summed E-state index contributed by atoms with van der Waals surface area (Å²) in [5, 5.41) is 1.64. The fourth-order valence-electron chi connectivity index (χ4n) is 3.73. The summed E-state index contributed by atoms with van der Waals surface area (Å²) in [6, 6.07) is 13.6. The van der Waals surface area contributed by atoms with Crippen LogP contribution in [0.3, 0.4) is 0 Å². The highest BCUT2D eigenvalue weighted by atomic mass is 32.2. The van der Waals surface area contributed by atoms with Crippen molar-refractivity contribution in [3.8, 4) is 0 Å². The molecule has 29 heavy (non-hydrogen) atoms. The van der Waals surface area contributed by atoms with Crippen molar-refractivity contribution in [3.05, 3.63) is 66.0 Å². The smallest absolute Gasteiger partial charge is 0.408 e. The number of nitrogens with one attached hydrogen (secondary N) is 1. The minimum Gasteiger partial charge on any atom is -0.444 e. The van der Waals surface area contributed by atoms with Crippen LogP contribution < -0.4 is 11.1 Å². The molecule has 1 aliphatic rings. The van der Waals surface area contributed by atoms with Gasteiger partial charge in [0.1, 0.15) is 16.7 Å². The van der Waals surface area contributed by atoms with E-state index in [0.717, 1.165) is 0 Å². The Morgan fingerprint density at radius 3 is 2.38 bits per heavy atom. The topological polar surface area (TPSA) is 98.5 Å². The number of nitrogens with two attached hydrogens (primary N) is 1. The van der Waals surface area contributed by atoms with Crippen LogP contribution in [0.5, 0.6) is 0 Å². The molecule has 0 unspecified atom stereocenters. The Morgan fingerprint density at radius 1 is 1.17 bits per heavy atom. The third-order valence-corrected chi connectivity index (χ3v) is 7.23.